The zero-order valence-corrected chi connectivity index (χ0v) is 11.9. The number of anilines is 1. The number of hydrogen-bond donors (Lipinski definition) is 1. The molecule has 2 rings (SSSR count). The van der Waals surface area contributed by atoms with E-state index in [0.717, 1.165) is 0 Å². The van der Waals surface area contributed by atoms with Gasteiger partial charge in [0.25, 0.3) is 0 Å². The van der Waals surface area contributed by atoms with Crippen LogP contribution in [0.2, 0.25) is 5.02 Å². The standard InChI is InChI=1S/C13H15ClN2O4/c1-8(17)15-6-10-7-16(13(18)20-10)9-3-4-12(19-2)11(14)5-9/h3-5,10H,6-7H2,1-2H3,(H,15,17)/t10-/m1/s1. The van der Waals surface area contributed by atoms with E-state index >= 15 is 0 Å². The molecule has 108 valence electrons. The van der Waals surface area contributed by atoms with Crippen molar-refractivity contribution < 1.29 is 19.1 Å². The van der Waals surface area contributed by atoms with Crippen LogP contribution >= 0.6 is 11.6 Å². The highest BCUT2D eigenvalue weighted by Crippen LogP contribution is 2.31. The summed E-state index contributed by atoms with van der Waals surface area (Å²) >= 11 is 6.03. The number of rotatable bonds is 4. The maximum Gasteiger partial charge on any atom is 0.414 e. The quantitative estimate of drug-likeness (QED) is 0.920. The van der Waals surface area contributed by atoms with Gasteiger partial charge in [0.1, 0.15) is 11.9 Å². The molecule has 0 radical (unpaired) electrons. The number of nitrogens with zero attached hydrogens (tertiary/aromatic N) is 1. The first-order valence-corrected chi connectivity index (χ1v) is 6.45. The van der Waals surface area contributed by atoms with Gasteiger partial charge in [-0.05, 0) is 18.2 Å². The largest absolute Gasteiger partial charge is 0.495 e. The lowest BCUT2D eigenvalue weighted by molar-refractivity contribution is -0.119. The van der Waals surface area contributed by atoms with E-state index in [0.29, 0.717) is 29.5 Å². The molecular weight excluding hydrogens is 284 g/mol. The van der Waals surface area contributed by atoms with E-state index in [1.807, 2.05) is 0 Å². The highest BCUT2D eigenvalue weighted by molar-refractivity contribution is 6.32. The average Bonchev–Trinajstić information content (AvgIpc) is 2.77. The molecule has 2 amide bonds. The maximum absolute atomic E-state index is 11.8. The van der Waals surface area contributed by atoms with E-state index in [-0.39, 0.29) is 12.0 Å². The molecule has 1 aliphatic rings. The molecule has 0 aliphatic carbocycles. The molecule has 1 aliphatic heterocycles. The lowest BCUT2D eigenvalue weighted by Gasteiger charge is -2.14. The second kappa shape index (κ2) is 6.00. The number of hydrogen-bond acceptors (Lipinski definition) is 4. The Morgan fingerprint density at radius 1 is 1.60 bits per heavy atom. The highest BCUT2D eigenvalue weighted by atomic mass is 35.5. The topological polar surface area (TPSA) is 67.9 Å². The lowest BCUT2D eigenvalue weighted by atomic mass is 10.2. The third kappa shape index (κ3) is 3.14. The number of halogens is 1. The minimum Gasteiger partial charge on any atom is -0.495 e. The Morgan fingerprint density at radius 3 is 2.95 bits per heavy atom. The van der Waals surface area contributed by atoms with Gasteiger partial charge in [0.05, 0.1) is 25.2 Å². The fourth-order valence-electron chi connectivity index (χ4n) is 1.92. The van der Waals surface area contributed by atoms with Crippen LogP contribution in [0.25, 0.3) is 0 Å². The normalized spacial score (nSPS) is 17.9. The molecule has 1 saturated heterocycles. The monoisotopic (exact) mass is 298 g/mol. The highest BCUT2D eigenvalue weighted by Gasteiger charge is 2.32. The van der Waals surface area contributed by atoms with E-state index in [1.165, 1.54) is 18.9 Å². The van der Waals surface area contributed by atoms with Crippen LogP contribution < -0.4 is 15.0 Å². The second-order valence-corrected chi connectivity index (χ2v) is 4.78. The van der Waals surface area contributed by atoms with Crippen molar-refractivity contribution in [2.24, 2.45) is 0 Å². The van der Waals surface area contributed by atoms with Crippen LogP contribution in [0.1, 0.15) is 6.92 Å². The zero-order chi connectivity index (χ0) is 14.7. The first-order chi connectivity index (χ1) is 9.51. The lowest BCUT2D eigenvalue weighted by Crippen LogP contribution is -2.33. The first-order valence-electron chi connectivity index (χ1n) is 6.07. The molecule has 1 aromatic rings. The number of cyclic esters (lactones) is 1. The third-order valence-electron chi connectivity index (χ3n) is 2.90. The van der Waals surface area contributed by atoms with Crippen molar-refractivity contribution in [3.05, 3.63) is 23.2 Å². The van der Waals surface area contributed by atoms with E-state index < -0.39 is 6.09 Å². The molecule has 0 bridgehead atoms. The van der Waals surface area contributed by atoms with Crippen LogP contribution in [0, 0.1) is 0 Å². The second-order valence-electron chi connectivity index (χ2n) is 4.37. The van der Waals surface area contributed by atoms with E-state index in [1.54, 1.807) is 18.2 Å². The summed E-state index contributed by atoms with van der Waals surface area (Å²) in [5, 5.41) is 3.04. The number of carbonyl (C=O) groups is 2. The molecule has 0 saturated carbocycles. The van der Waals surface area contributed by atoms with Gasteiger partial charge in [-0.25, -0.2) is 4.79 Å². The predicted molar refractivity (Wildman–Crippen MR) is 74.3 cm³/mol. The van der Waals surface area contributed by atoms with E-state index in [9.17, 15) is 9.59 Å². The summed E-state index contributed by atoms with van der Waals surface area (Å²) in [5.41, 5.74) is 0.631. The fraction of sp³-hybridized carbons (Fsp3) is 0.385. The summed E-state index contributed by atoms with van der Waals surface area (Å²) < 4.78 is 10.2. The van der Waals surface area contributed by atoms with Crippen molar-refractivity contribution in [3.8, 4) is 5.75 Å². The molecule has 1 aromatic carbocycles. The molecule has 1 fully saturated rings. The van der Waals surface area contributed by atoms with Crippen molar-refractivity contribution in [2.45, 2.75) is 13.0 Å². The van der Waals surface area contributed by atoms with Crippen molar-refractivity contribution in [2.75, 3.05) is 25.1 Å². The van der Waals surface area contributed by atoms with Gasteiger partial charge in [0.2, 0.25) is 5.91 Å². The van der Waals surface area contributed by atoms with Crippen molar-refractivity contribution in [1.29, 1.82) is 0 Å². The zero-order valence-electron chi connectivity index (χ0n) is 11.2. The maximum atomic E-state index is 11.8. The summed E-state index contributed by atoms with van der Waals surface area (Å²) in [7, 11) is 1.52. The molecule has 0 unspecified atom stereocenters. The number of amides is 2. The minimum absolute atomic E-state index is 0.160. The van der Waals surface area contributed by atoms with E-state index in [2.05, 4.69) is 5.32 Å². The Morgan fingerprint density at radius 2 is 2.35 bits per heavy atom. The summed E-state index contributed by atoms with van der Waals surface area (Å²) in [4.78, 5) is 24.1. The Kier molecular flexibility index (Phi) is 4.34. The molecule has 0 aromatic heterocycles. The Balaban J connectivity index is 2.07. The molecule has 1 N–H and O–H groups in total. The van der Waals surface area contributed by atoms with Crippen molar-refractivity contribution in [3.63, 3.8) is 0 Å². The molecule has 6 nitrogen and oxygen atoms in total. The van der Waals surface area contributed by atoms with Crippen LogP contribution in [-0.4, -0.2) is 38.3 Å². The van der Waals surface area contributed by atoms with Gasteiger partial charge in [-0.3, -0.25) is 9.69 Å². The van der Waals surface area contributed by atoms with Crippen molar-refractivity contribution >= 4 is 29.3 Å². The SMILES string of the molecule is COc1ccc(N2C[C@@H](CNC(C)=O)OC2=O)cc1Cl. The fourth-order valence-corrected chi connectivity index (χ4v) is 2.17. The minimum atomic E-state index is -0.457. The van der Waals surface area contributed by atoms with Gasteiger partial charge in [-0.2, -0.15) is 0 Å². The Bertz CT molecular complexity index is 535. The number of nitrogens with one attached hydrogen (secondary N) is 1. The molecular formula is C13H15ClN2O4. The number of benzene rings is 1. The average molecular weight is 299 g/mol. The summed E-state index contributed by atoms with van der Waals surface area (Å²) in [6.45, 7) is 2.07. The first kappa shape index (κ1) is 14.5. The van der Waals surface area contributed by atoms with Gasteiger partial charge in [0.15, 0.2) is 0 Å². The van der Waals surface area contributed by atoms with E-state index in [4.69, 9.17) is 21.1 Å². The van der Waals surface area contributed by atoms with Crippen LogP contribution in [0.5, 0.6) is 5.75 Å². The van der Waals surface area contributed by atoms with Crippen molar-refractivity contribution in [1.82, 2.24) is 5.32 Å². The van der Waals surface area contributed by atoms with Crippen LogP contribution in [0.4, 0.5) is 10.5 Å². The van der Waals surface area contributed by atoms with Gasteiger partial charge in [0, 0.05) is 12.6 Å². The summed E-state index contributed by atoms with van der Waals surface area (Å²) in [6.07, 6.45) is -0.825. The predicted octanol–water partition coefficient (Wildman–Crippen LogP) is 1.81. The third-order valence-corrected chi connectivity index (χ3v) is 3.20. The molecule has 20 heavy (non-hydrogen) atoms. The summed E-state index contributed by atoms with van der Waals surface area (Å²) in [6, 6.07) is 5.06. The Hall–Kier alpha value is -1.95. The number of ether oxygens (including phenoxy) is 2. The van der Waals surface area contributed by atoms with Gasteiger partial charge >= 0.3 is 6.09 Å². The summed E-state index contributed by atoms with van der Waals surface area (Å²) in [5.74, 6) is 0.379. The number of methoxy groups -OCH3 is 1. The smallest absolute Gasteiger partial charge is 0.414 e. The van der Waals surface area contributed by atoms with Gasteiger partial charge < -0.3 is 14.8 Å². The van der Waals surface area contributed by atoms with Gasteiger partial charge in [-0.15, -0.1) is 0 Å². The number of carbonyl (C=O) groups excluding carboxylic acids is 2. The van der Waals surface area contributed by atoms with Gasteiger partial charge in [-0.1, -0.05) is 11.6 Å². The molecule has 7 heteroatoms. The molecule has 0 spiro atoms. The molecule has 1 heterocycles. The van der Waals surface area contributed by atoms with Crippen LogP contribution in [0.15, 0.2) is 18.2 Å². The Labute approximate surface area is 121 Å². The van der Waals surface area contributed by atoms with Crippen LogP contribution in [0.3, 0.4) is 0 Å². The van der Waals surface area contributed by atoms with Crippen LogP contribution in [-0.2, 0) is 9.53 Å². The molecule has 1 atom stereocenters.